The Bertz CT molecular complexity index is 5950. The van der Waals surface area contributed by atoms with Crippen LogP contribution in [-0.2, 0) is 45.3 Å². The smallest absolute Gasteiger partial charge is 0.0460 e. The Kier molecular flexibility index (Phi) is 24.6. The number of para-hydroxylation sites is 4. The summed E-state index contributed by atoms with van der Waals surface area (Å²) in [4.78, 5) is 10.3. The normalized spacial score (nSPS) is 14.7. The summed E-state index contributed by atoms with van der Waals surface area (Å²) in [7, 11) is 0. The Labute approximate surface area is 751 Å². The lowest BCUT2D eigenvalue weighted by molar-refractivity contribution is 0.532. The van der Waals surface area contributed by atoms with Crippen molar-refractivity contribution >= 4 is 45.5 Å². The van der Waals surface area contributed by atoms with Gasteiger partial charge in [0.05, 0.1) is 0 Å². The number of hydrogen-bond acceptors (Lipinski definition) is 4. The average molecular weight is 1650 g/mol. The van der Waals surface area contributed by atoms with Crippen LogP contribution in [0, 0.1) is 13.8 Å². The fraction of sp³-hybridized carbons (Fsp3) is 0.400. The van der Waals surface area contributed by atoms with Gasteiger partial charge in [0.2, 0.25) is 0 Å². The summed E-state index contributed by atoms with van der Waals surface area (Å²) in [6.45, 7) is 79.2. The van der Waals surface area contributed by atoms with Crippen molar-refractivity contribution in [3.63, 3.8) is 0 Å². The minimum atomic E-state index is -0.0940. The Morgan fingerprint density at radius 2 is 0.605 bits per heavy atom. The highest BCUT2D eigenvalue weighted by atomic mass is 15.2. The van der Waals surface area contributed by atoms with E-state index in [1.54, 1.807) is 0 Å². The third-order valence-electron chi connectivity index (χ3n) is 27.4. The third kappa shape index (κ3) is 16.4. The molecule has 0 bridgehead atoms. The molecule has 0 fully saturated rings. The maximum atomic E-state index is 2.60. The molecule has 0 amide bonds. The summed E-state index contributed by atoms with van der Waals surface area (Å²) >= 11 is 0. The zero-order valence-electron chi connectivity index (χ0n) is 82.5. The van der Waals surface area contributed by atoms with E-state index in [0.29, 0.717) is 11.8 Å². The second kappa shape index (κ2) is 33.3. The maximum Gasteiger partial charge on any atom is 0.0460 e. The first-order chi connectivity index (χ1) is 57.9. The summed E-state index contributed by atoms with van der Waals surface area (Å²) in [5.41, 5.74) is 44.6. The molecule has 0 spiro atoms. The molecule has 4 aliphatic carbocycles. The number of benzene rings is 12. The van der Waals surface area contributed by atoms with Crippen molar-refractivity contribution in [2.45, 2.75) is 315 Å². The monoisotopic (exact) mass is 1650 g/mol. The van der Waals surface area contributed by atoms with E-state index < -0.39 is 0 Å². The van der Waals surface area contributed by atoms with Gasteiger partial charge in [-0.25, -0.2) is 0 Å². The van der Waals surface area contributed by atoms with Gasteiger partial charge in [-0.1, -0.05) is 333 Å². The van der Waals surface area contributed by atoms with Crippen molar-refractivity contribution in [1.82, 2.24) is 0 Å². The van der Waals surface area contributed by atoms with Crippen LogP contribution in [0.15, 0.2) is 243 Å². The van der Waals surface area contributed by atoms with Crippen LogP contribution in [0.5, 0.6) is 0 Å². The van der Waals surface area contributed by atoms with Crippen molar-refractivity contribution < 1.29 is 0 Å². The Morgan fingerprint density at radius 3 is 1.05 bits per heavy atom. The molecule has 4 nitrogen and oxygen atoms in total. The van der Waals surface area contributed by atoms with Crippen LogP contribution in [0.25, 0.3) is 44.5 Å². The lowest BCUT2D eigenvalue weighted by Gasteiger charge is -2.44. The zero-order chi connectivity index (χ0) is 90.6. The molecule has 124 heavy (non-hydrogen) atoms. The van der Waals surface area contributed by atoms with Crippen molar-refractivity contribution in [1.29, 1.82) is 0 Å². The van der Waals surface area contributed by atoms with Crippen LogP contribution in [0.1, 0.15) is 322 Å². The van der Waals surface area contributed by atoms with Gasteiger partial charge in [-0.05, 0) is 314 Å². The SMILES string of the molecule is CC(C)(C)c1ccccc1N(c1ccc2c(c1C(C)(C)C)-c1ccccc1C2(C)C)C(C)(C)C.CC(C)c1ccccc1N(c1ccc2c(c1C(C)C)-c1ccccc1C2(C)C)C(C)(C)C.CCc1ccccc1N(c1ccc2c(c1CC)-c1ccccc1C2(C)C)C(C)(C)C.Cc1ccccc1N(c1ccc2c(c1C)-c1ccccc1C2(C)C)C(C)(C)C. The van der Waals surface area contributed by atoms with Crippen LogP contribution in [0.3, 0.4) is 0 Å². The summed E-state index contributed by atoms with van der Waals surface area (Å²) in [6.07, 6.45) is 2.05. The molecule has 0 aromatic heterocycles. The minimum Gasteiger partial charge on any atom is -0.336 e. The van der Waals surface area contributed by atoms with Crippen LogP contribution in [0.4, 0.5) is 45.5 Å². The van der Waals surface area contributed by atoms with Gasteiger partial charge >= 0.3 is 0 Å². The molecule has 0 unspecified atom stereocenters. The fourth-order valence-corrected chi connectivity index (χ4v) is 21.7. The highest BCUT2D eigenvalue weighted by Gasteiger charge is 2.46. The molecule has 12 aromatic carbocycles. The number of anilines is 8. The molecule has 0 aliphatic heterocycles. The van der Waals surface area contributed by atoms with Gasteiger partial charge in [-0.3, -0.25) is 0 Å². The fourth-order valence-electron chi connectivity index (χ4n) is 21.7. The molecule has 0 heterocycles. The summed E-state index contributed by atoms with van der Waals surface area (Å²) in [6, 6.07) is 90.5. The number of fused-ring (bicyclic) bond motifs is 12. The number of hydrogen-bond donors (Lipinski definition) is 0. The predicted molar refractivity (Wildman–Crippen MR) is 543 cm³/mol. The average Bonchev–Trinajstić information content (AvgIpc) is 1.57. The van der Waals surface area contributed by atoms with Gasteiger partial charge in [-0.15, -0.1) is 0 Å². The number of rotatable bonds is 12. The van der Waals surface area contributed by atoms with Gasteiger partial charge in [0, 0.05) is 89.3 Å². The minimum absolute atomic E-state index is 0.000333. The Morgan fingerprint density at radius 1 is 0.266 bits per heavy atom. The first-order valence-electron chi connectivity index (χ1n) is 46.5. The van der Waals surface area contributed by atoms with Gasteiger partial charge in [-0.2, -0.15) is 0 Å². The Hall–Kier alpha value is -10.2. The molecule has 4 aliphatic rings. The molecule has 12 aromatic rings. The van der Waals surface area contributed by atoms with Crippen LogP contribution in [0.2, 0.25) is 0 Å². The number of aryl methyl sites for hydroxylation is 2. The largest absolute Gasteiger partial charge is 0.336 e. The van der Waals surface area contributed by atoms with Gasteiger partial charge < -0.3 is 19.6 Å². The highest BCUT2D eigenvalue weighted by Crippen LogP contribution is 2.60. The van der Waals surface area contributed by atoms with E-state index in [1.807, 2.05) is 0 Å². The molecule has 0 atom stereocenters. The number of nitrogens with zero attached hydrogens (tertiary/aromatic N) is 4. The molecular formula is C120H148N4. The van der Waals surface area contributed by atoms with Crippen molar-refractivity contribution in [3.05, 3.63) is 332 Å². The molecule has 648 valence electrons. The summed E-state index contributed by atoms with van der Waals surface area (Å²) < 4.78 is 0. The zero-order valence-corrected chi connectivity index (χ0v) is 82.5. The first kappa shape index (κ1) is 91.5. The van der Waals surface area contributed by atoms with Gasteiger partial charge in [0.15, 0.2) is 0 Å². The van der Waals surface area contributed by atoms with E-state index >= 15 is 0 Å². The second-order valence-corrected chi connectivity index (χ2v) is 44.6. The summed E-state index contributed by atoms with van der Waals surface area (Å²) in [5.74, 6) is 0.880. The molecule has 0 radical (unpaired) electrons. The lowest BCUT2D eigenvalue weighted by Crippen LogP contribution is -2.40. The van der Waals surface area contributed by atoms with Crippen molar-refractivity contribution in [2.75, 3.05) is 19.6 Å². The third-order valence-corrected chi connectivity index (χ3v) is 27.4. The maximum absolute atomic E-state index is 2.60. The molecular weight excluding hydrogens is 1500 g/mol. The van der Waals surface area contributed by atoms with E-state index in [1.165, 1.54) is 179 Å². The van der Waals surface area contributed by atoms with Crippen molar-refractivity contribution in [2.24, 2.45) is 0 Å². The van der Waals surface area contributed by atoms with Gasteiger partial charge in [0.1, 0.15) is 0 Å². The molecule has 0 saturated carbocycles. The Balaban J connectivity index is 0.000000142. The molecule has 0 saturated heterocycles. The molecule has 16 rings (SSSR count). The van der Waals surface area contributed by atoms with E-state index in [4.69, 9.17) is 0 Å². The predicted octanol–water partition coefficient (Wildman–Crippen LogP) is 34.3. The van der Waals surface area contributed by atoms with E-state index in [2.05, 4.69) is 498 Å². The van der Waals surface area contributed by atoms with E-state index in [9.17, 15) is 0 Å². The topological polar surface area (TPSA) is 13.0 Å². The standard InChI is InChI=1S/C33H43N.C31H39N.C29H35N.C27H31N/c1-30(2,3)24-18-14-15-19-26(24)34(32(7,8)9)27-21-20-25-28(29(27)31(4,5)6)22-16-12-13-17-23(22)33(25,10)11;1-20(2)22-14-11-13-17-26(22)32(30(5,6)7)27-19-18-25-29(28(27)21(3)4)23-15-10-12-16-24(23)31(25,8)9;1-8-20-14-10-13-17-25(20)30(28(3,4)5)26-19-18-24-27(21(26)9-2)22-15-11-12-16-23(22)29(24,6)7;1-18-12-8-11-15-23(18)28(26(3,4)5)24-17-16-22-25(19(24)2)20-13-9-10-14-21(20)27(22,6)7/h12-21H,1-11H3;10-21H,1-9H3;10-19H,8-9H2,1-7H3;8-17H,1-7H3. The van der Waals surface area contributed by atoms with Crippen LogP contribution < -0.4 is 19.6 Å². The van der Waals surface area contributed by atoms with Gasteiger partial charge in [0.25, 0.3) is 0 Å². The van der Waals surface area contributed by atoms with E-state index in [-0.39, 0.29) is 54.6 Å². The van der Waals surface area contributed by atoms with Crippen LogP contribution in [-0.4, -0.2) is 22.2 Å². The van der Waals surface area contributed by atoms with E-state index in [0.717, 1.165) is 12.8 Å². The highest BCUT2D eigenvalue weighted by molar-refractivity contribution is 5.94. The first-order valence-corrected chi connectivity index (χ1v) is 46.5. The quantitative estimate of drug-likeness (QED) is 0.121. The van der Waals surface area contributed by atoms with Crippen LogP contribution >= 0.6 is 0 Å². The molecule has 0 N–H and O–H groups in total. The lowest BCUT2D eigenvalue weighted by atomic mass is 9.76. The van der Waals surface area contributed by atoms with Crippen molar-refractivity contribution in [3.8, 4) is 44.5 Å². The summed E-state index contributed by atoms with van der Waals surface area (Å²) in [5, 5.41) is 0. The second-order valence-electron chi connectivity index (χ2n) is 44.6. The molecule has 4 heteroatoms.